The van der Waals surface area contributed by atoms with Crippen LogP contribution in [-0.2, 0) is 10.9 Å². The van der Waals surface area contributed by atoms with Gasteiger partial charge < -0.3 is 19.1 Å². The number of ether oxygens (including phenoxy) is 1. The second-order valence-corrected chi connectivity index (χ2v) is 8.75. The van der Waals surface area contributed by atoms with Gasteiger partial charge in [-0.15, -0.1) is 12.4 Å². The second-order valence-electron chi connectivity index (χ2n) is 8.75. The number of alkyl halides is 3. The smallest absolute Gasteiger partial charge is 0.381 e. The van der Waals surface area contributed by atoms with E-state index in [1.165, 1.54) is 12.1 Å². The molecule has 7 nitrogen and oxygen atoms in total. The molecule has 2 fully saturated rings. The Balaban J connectivity index is 0.00000274. The second kappa shape index (κ2) is 9.67. The Labute approximate surface area is 202 Å². The molecule has 4 heterocycles. The Morgan fingerprint density at radius 1 is 0.971 bits per heavy atom. The van der Waals surface area contributed by atoms with Gasteiger partial charge in [-0.3, -0.25) is 0 Å². The number of rotatable bonds is 3. The minimum Gasteiger partial charge on any atom is -0.381 e. The van der Waals surface area contributed by atoms with Crippen LogP contribution in [0.2, 0.25) is 0 Å². The first-order chi connectivity index (χ1) is 15.8. The van der Waals surface area contributed by atoms with E-state index in [1.54, 1.807) is 6.07 Å². The fraction of sp³-hybridized carbons (Fsp3) is 0.522. The molecule has 0 N–H and O–H groups in total. The molecule has 184 valence electrons. The first-order valence-electron chi connectivity index (χ1n) is 11.3. The molecule has 1 aromatic carbocycles. The van der Waals surface area contributed by atoms with Crippen LogP contribution in [-0.4, -0.2) is 70.9 Å². The van der Waals surface area contributed by atoms with Gasteiger partial charge in [0.05, 0.1) is 5.56 Å². The summed E-state index contributed by atoms with van der Waals surface area (Å²) in [5, 5.41) is 0. The highest BCUT2D eigenvalue weighted by Crippen LogP contribution is 2.40. The summed E-state index contributed by atoms with van der Waals surface area (Å²) in [5.41, 5.74) is 0.523. The lowest BCUT2D eigenvalue weighted by molar-refractivity contribution is -0.137. The van der Waals surface area contributed by atoms with Gasteiger partial charge in [0.15, 0.2) is 17.0 Å². The molecule has 2 saturated heterocycles. The molecule has 3 aromatic rings. The Hall–Kier alpha value is -2.43. The fourth-order valence-electron chi connectivity index (χ4n) is 4.71. The molecule has 0 unspecified atom stereocenters. The fourth-order valence-corrected chi connectivity index (χ4v) is 4.71. The van der Waals surface area contributed by atoms with E-state index in [0.717, 1.165) is 32.2 Å². The van der Waals surface area contributed by atoms with E-state index in [4.69, 9.17) is 9.72 Å². The summed E-state index contributed by atoms with van der Waals surface area (Å²) in [6, 6.07) is 5.59. The molecule has 34 heavy (non-hydrogen) atoms. The SMILES string of the molecule is Cc1nc(N2CCN(C)CC2)c2nc(-c3ccccc3C(F)(F)F)n(C3CCOCC3)c2n1.Cl. The zero-order valence-corrected chi connectivity index (χ0v) is 20.0. The topological polar surface area (TPSA) is 59.3 Å². The van der Waals surface area contributed by atoms with E-state index >= 15 is 0 Å². The van der Waals surface area contributed by atoms with Crippen molar-refractivity contribution in [2.24, 2.45) is 0 Å². The summed E-state index contributed by atoms with van der Waals surface area (Å²) in [6.07, 6.45) is -3.10. The van der Waals surface area contributed by atoms with Gasteiger partial charge in [-0.25, -0.2) is 15.0 Å². The lowest BCUT2D eigenvalue weighted by Crippen LogP contribution is -2.45. The van der Waals surface area contributed by atoms with Gasteiger partial charge in [-0.05, 0) is 32.9 Å². The van der Waals surface area contributed by atoms with Crippen LogP contribution in [0.5, 0.6) is 0 Å². The summed E-state index contributed by atoms with van der Waals surface area (Å²) in [7, 11) is 2.07. The third-order valence-electron chi connectivity index (χ3n) is 6.47. The highest BCUT2D eigenvalue weighted by molar-refractivity contribution is 5.88. The van der Waals surface area contributed by atoms with E-state index in [9.17, 15) is 13.2 Å². The van der Waals surface area contributed by atoms with E-state index in [-0.39, 0.29) is 24.0 Å². The number of likely N-dealkylation sites (N-methyl/N-ethyl adjacent to an activating group) is 1. The zero-order chi connectivity index (χ0) is 23.2. The molecule has 0 aliphatic carbocycles. The van der Waals surface area contributed by atoms with Crippen molar-refractivity contribution in [2.75, 3.05) is 51.3 Å². The van der Waals surface area contributed by atoms with Crippen molar-refractivity contribution in [1.29, 1.82) is 0 Å². The molecular formula is C23H28ClF3N6O. The van der Waals surface area contributed by atoms with Crippen molar-refractivity contribution < 1.29 is 17.9 Å². The van der Waals surface area contributed by atoms with Gasteiger partial charge in [0, 0.05) is 51.0 Å². The monoisotopic (exact) mass is 496 g/mol. The molecule has 0 amide bonds. The molecule has 0 bridgehead atoms. The van der Waals surface area contributed by atoms with Crippen molar-refractivity contribution in [3.8, 4) is 11.4 Å². The molecule has 0 spiro atoms. The number of hydrogen-bond acceptors (Lipinski definition) is 6. The van der Waals surface area contributed by atoms with Crippen LogP contribution >= 0.6 is 12.4 Å². The zero-order valence-electron chi connectivity index (χ0n) is 19.2. The van der Waals surface area contributed by atoms with Gasteiger partial charge in [0.25, 0.3) is 0 Å². The van der Waals surface area contributed by atoms with Crippen LogP contribution in [0, 0.1) is 6.92 Å². The minimum absolute atomic E-state index is 0. The van der Waals surface area contributed by atoms with Crippen LogP contribution in [0.4, 0.5) is 19.0 Å². The number of benzene rings is 1. The average molecular weight is 497 g/mol. The normalized spacial score (nSPS) is 18.3. The van der Waals surface area contributed by atoms with Crippen molar-refractivity contribution in [1.82, 2.24) is 24.4 Å². The first kappa shape index (κ1) is 24.7. The number of aryl methyl sites for hydroxylation is 1. The van der Waals surface area contributed by atoms with Gasteiger partial charge in [-0.1, -0.05) is 18.2 Å². The summed E-state index contributed by atoms with van der Waals surface area (Å²) in [6.45, 7) is 6.26. The van der Waals surface area contributed by atoms with Crippen molar-refractivity contribution in [2.45, 2.75) is 32.0 Å². The number of hydrogen-bond donors (Lipinski definition) is 0. The molecule has 2 aromatic heterocycles. The number of piperazine rings is 1. The highest BCUT2D eigenvalue weighted by atomic mass is 35.5. The number of fused-ring (bicyclic) bond motifs is 1. The molecule has 11 heteroatoms. The predicted molar refractivity (Wildman–Crippen MR) is 127 cm³/mol. The largest absolute Gasteiger partial charge is 0.417 e. The first-order valence-corrected chi connectivity index (χ1v) is 11.3. The molecule has 0 atom stereocenters. The van der Waals surface area contributed by atoms with Crippen LogP contribution in [0.3, 0.4) is 0 Å². The van der Waals surface area contributed by atoms with Gasteiger partial charge in [0.2, 0.25) is 0 Å². The molecular weight excluding hydrogens is 469 g/mol. The number of imidazole rings is 1. The lowest BCUT2D eigenvalue weighted by atomic mass is 10.0. The number of halogens is 4. The van der Waals surface area contributed by atoms with Crippen LogP contribution < -0.4 is 4.90 Å². The van der Waals surface area contributed by atoms with Crippen molar-refractivity contribution in [3.63, 3.8) is 0 Å². The quantitative estimate of drug-likeness (QED) is 0.537. The number of anilines is 1. The van der Waals surface area contributed by atoms with Crippen LogP contribution in [0.25, 0.3) is 22.6 Å². The molecule has 5 rings (SSSR count). The molecule has 0 saturated carbocycles. The minimum atomic E-state index is -4.49. The van der Waals surface area contributed by atoms with E-state index in [0.29, 0.717) is 54.7 Å². The van der Waals surface area contributed by atoms with Crippen molar-refractivity contribution in [3.05, 3.63) is 35.7 Å². The summed E-state index contributed by atoms with van der Waals surface area (Å²) >= 11 is 0. The Bertz CT molecular complexity index is 1150. The average Bonchev–Trinajstić information content (AvgIpc) is 3.18. The van der Waals surface area contributed by atoms with Gasteiger partial charge in [0.1, 0.15) is 11.6 Å². The highest BCUT2D eigenvalue weighted by Gasteiger charge is 2.36. The van der Waals surface area contributed by atoms with Gasteiger partial charge in [-0.2, -0.15) is 13.2 Å². The summed E-state index contributed by atoms with van der Waals surface area (Å²) in [4.78, 5) is 18.6. The summed E-state index contributed by atoms with van der Waals surface area (Å²) in [5.74, 6) is 1.57. The number of aromatic nitrogens is 4. The molecule has 2 aliphatic heterocycles. The maximum Gasteiger partial charge on any atom is 0.417 e. The third kappa shape index (κ3) is 4.58. The molecule has 0 radical (unpaired) electrons. The van der Waals surface area contributed by atoms with E-state index < -0.39 is 11.7 Å². The predicted octanol–water partition coefficient (Wildman–Crippen LogP) is 4.35. The van der Waals surface area contributed by atoms with Crippen LogP contribution in [0.1, 0.15) is 30.3 Å². The summed E-state index contributed by atoms with van der Waals surface area (Å²) < 4.78 is 49.2. The van der Waals surface area contributed by atoms with E-state index in [2.05, 4.69) is 26.8 Å². The maximum absolute atomic E-state index is 13.9. The Morgan fingerprint density at radius 2 is 1.65 bits per heavy atom. The lowest BCUT2D eigenvalue weighted by Gasteiger charge is -2.33. The standard InChI is InChI=1S/C23H27F3N6O.ClH/c1-15-27-21(31-11-9-30(2)10-12-31)19-22(28-15)32(16-7-13-33-14-8-16)20(29-19)17-5-3-4-6-18(17)23(24,25)26;/h3-6,16H,7-14H2,1-2H3;1H. The Kier molecular flexibility index (Phi) is 7.02. The van der Waals surface area contributed by atoms with Crippen molar-refractivity contribution >= 4 is 29.4 Å². The van der Waals surface area contributed by atoms with E-state index in [1.807, 2.05) is 11.5 Å². The third-order valence-corrected chi connectivity index (χ3v) is 6.47. The maximum atomic E-state index is 13.9. The Morgan fingerprint density at radius 3 is 2.32 bits per heavy atom. The number of nitrogens with zero attached hydrogens (tertiary/aromatic N) is 6. The van der Waals surface area contributed by atoms with Crippen LogP contribution in [0.15, 0.2) is 24.3 Å². The van der Waals surface area contributed by atoms with Gasteiger partial charge >= 0.3 is 6.18 Å². The molecule has 2 aliphatic rings.